The smallest absolute Gasteiger partial charge is 0.194 e. The number of benzene rings is 1. The number of aromatic nitrogens is 2. The van der Waals surface area contributed by atoms with Crippen LogP contribution >= 0.6 is 11.3 Å². The molecule has 1 heterocycles. The fourth-order valence-corrected chi connectivity index (χ4v) is 2.51. The topological polar surface area (TPSA) is 37.8 Å². The van der Waals surface area contributed by atoms with Crippen LogP contribution in [0.15, 0.2) is 12.1 Å². The maximum absolute atomic E-state index is 13.2. The van der Waals surface area contributed by atoms with Gasteiger partial charge in [-0.2, -0.15) is 0 Å². The van der Waals surface area contributed by atoms with E-state index in [-0.39, 0.29) is 11.6 Å². The van der Waals surface area contributed by atoms with Crippen LogP contribution in [-0.4, -0.2) is 16.7 Å². The predicted octanol–water partition coefficient (Wildman–Crippen LogP) is 3.68. The molecular weight excluding hydrogens is 287 g/mol. The van der Waals surface area contributed by atoms with Gasteiger partial charge in [0.2, 0.25) is 0 Å². The van der Waals surface area contributed by atoms with E-state index >= 15 is 0 Å². The van der Waals surface area contributed by atoms with Gasteiger partial charge in [-0.1, -0.05) is 18.3 Å². The van der Waals surface area contributed by atoms with E-state index in [1.165, 1.54) is 11.3 Å². The van der Waals surface area contributed by atoms with Gasteiger partial charge in [0.05, 0.1) is 6.04 Å². The SMILES string of the molecule is CCCNC(C)c1nnc(-c2cc(F)c(F)c(F)c2)s1. The lowest BCUT2D eigenvalue weighted by Crippen LogP contribution is -2.18. The van der Waals surface area contributed by atoms with Crippen molar-refractivity contribution in [2.24, 2.45) is 0 Å². The van der Waals surface area contributed by atoms with Crippen LogP contribution in [0, 0.1) is 17.5 Å². The Bertz CT molecular complexity index is 577. The lowest BCUT2D eigenvalue weighted by atomic mass is 10.2. The Morgan fingerprint density at radius 3 is 2.45 bits per heavy atom. The number of halogens is 3. The molecule has 7 heteroatoms. The van der Waals surface area contributed by atoms with Crippen molar-refractivity contribution in [3.8, 4) is 10.6 Å². The first-order chi connectivity index (χ1) is 9.52. The van der Waals surface area contributed by atoms with Gasteiger partial charge in [0.25, 0.3) is 0 Å². The molecule has 1 aromatic heterocycles. The Labute approximate surface area is 118 Å². The first-order valence-electron chi connectivity index (χ1n) is 6.24. The molecule has 0 radical (unpaired) electrons. The largest absolute Gasteiger partial charge is 0.308 e. The van der Waals surface area contributed by atoms with Gasteiger partial charge in [-0.15, -0.1) is 10.2 Å². The summed E-state index contributed by atoms with van der Waals surface area (Å²) in [7, 11) is 0. The van der Waals surface area contributed by atoms with Crippen molar-refractivity contribution in [1.29, 1.82) is 0 Å². The molecule has 3 nitrogen and oxygen atoms in total. The van der Waals surface area contributed by atoms with Gasteiger partial charge < -0.3 is 5.32 Å². The van der Waals surface area contributed by atoms with Crippen LogP contribution in [0.2, 0.25) is 0 Å². The minimum atomic E-state index is -1.48. The molecule has 1 unspecified atom stereocenters. The van der Waals surface area contributed by atoms with E-state index in [9.17, 15) is 13.2 Å². The summed E-state index contributed by atoms with van der Waals surface area (Å²) in [4.78, 5) is 0. The molecule has 0 aliphatic heterocycles. The summed E-state index contributed by atoms with van der Waals surface area (Å²) in [6.45, 7) is 4.83. The van der Waals surface area contributed by atoms with Gasteiger partial charge in [0, 0.05) is 5.56 Å². The summed E-state index contributed by atoms with van der Waals surface area (Å²) in [6.07, 6.45) is 0.990. The minimum absolute atomic E-state index is 0.0105. The van der Waals surface area contributed by atoms with Crippen molar-refractivity contribution >= 4 is 11.3 Å². The molecule has 0 saturated carbocycles. The summed E-state index contributed by atoms with van der Waals surface area (Å²) in [5.41, 5.74) is 0.188. The van der Waals surface area contributed by atoms with E-state index in [0.717, 1.165) is 30.1 Å². The van der Waals surface area contributed by atoms with Crippen molar-refractivity contribution in [3.05, 3.63) is 34.6 Å². The molecule has 0 spiro atoms. The van der Waals surface area contributed by atoms with Gasteiger partial charge in [-0.3, -0.25) is 0 Å². The molecule has 1 atom stereocenters. The summed E-state index contributed by atoms with van der Waals surface area (Å²) in [5, 5.41) is 12.2. The highest BCUT2D eigenvalue weighted by molar-refractivity contribution is 7.14. The number of hydrogen-bond acceptors (Lipinski definition) is 4. The predicted molar refractivity (Wildman–Crippen MR) is 71.9 cm³/mol. The van der Waals surface area contributed by atoms with Crippen LogP contribution < -0.4 is 5.32 Å². The van der Waals surface area contributed by atoms with E-state index in [1.807, 2.05) is 6.92 Å². The summed E-state index contributed by atoms with van der Waals surface area (Å²) in [6, 6.07) is 1.86. The first kappa shape index (κ1) is 14.9. The number of nitrogens with one attached hydrogen (secondary N) is 1. The van der Waals surface area contributed by atoms with E-state index in [2.05, 4.69) is 22.4 Å². The molecule has 0 fully saturated rings. The molecule has 1 aromatic carbocycles. The zero-order valence-corrected chi connectivity index (χ0v) is 11.9. The van der Waals surface area contributed by atoms with Gasteiger partial charge in [0.15, 0.2) is 17.5 Å². The van der Waals surface area contributed by atoms with E-state index in [1.54, 1.807) is 0 Å². The third-order valence-electron chi connectivity index (χ3n) is 2.74. The average molecular weight is 301 g/mol. The first-order valence-corrected chi connectivity index (χ1v) is 7.06. The molecule has 2 rings (SSSR count). The van der Waals surface area contributed by atoms with Gasteiger partial charge in [0.1, 0.15) is 10.0 Å². The molecule has 0 bridgehead atoms. The highest BCUT2D eigenvalue weighted by Gasteiger charge is 2.16. The molecule has 1 N–H and O–H groups in total. The van der Waals surface area contributed by atoms with Crippen molar-refractivity contribution < 1.29 is 13.2 Å². The number of rotatable bonds is 5. The van der Waals surface area contributed by atoms with Gasteiger partial charge in [-0.05, 0) is 32.0 Å². The lowest BCUT2D eigenvalue weighted by molar-refractivity contribution is 0.447. The fourth-order valence-electron chi connectivity index (χ4n) is 1.65. The average Bonchev–Trinajstić information content (AvgIpc) is 2.91. The van der Waals surface area contributed by atoms with E-state index in [0.29, 0.717) is 5.01 Å². The monoisotopic (exact) mass is 301 g/mol. The van der Waals surface area contributed by atoms with Crippen molar-refractivity contribution in [2.45, 2.75) is 26.3 Å². The maximum Gasteiger partial charge on any atom is 0.194 e. The van der Waals surface area contributed by atoms with Gasteiger partial charge in [-0.25, -0.2) is 13.2 Å². The standard InChI is InChI=1S/C13H14F3N3S/c1-3-4-17-7(2)12-18-19-13(20-12)8-5-9(14)11(16)10(15)6-8/h5-7,17H,3-4H2,1-2H3. The second-order valence-corrected chi connectivity index (χ2v) is 5.38. The molecular formula is C13H14F3N3S. The van der Waals surface area contributed by atoms with Crippen LogP contribution in [0.3, 0.4) is 0 Å². The van der Waals surface area contributed by atoms with Crippen LogP contribution in [0.25, 0.3) is 10.6 Å². The third-order valence-corrected chi connectivity index (χ3v) is 3.90. The Morgan fingerprint density at radius 1 is 1.20 bits per heavy atom. The molecule has 0 aliphatic carbocycles. The second kappa shape index (κ2) is 6.32. The zero-order valence-electron chi connectivity index (χ0n) is 11.1. The Kier molecular flexibility index (Phi) is 4.72. The van der Waals surface area contributed by atoms with E-state index < -0.39 is 17.5 Å². The van der Waals surface area contributed by atoms with Crippen LogP contribution in [0.4, 0.5) is 13.2 Å². The van der Waals surface area contributed by atoms with Crippen LogP contribution in [0.5, 0.6) is 0 Å². The Hall–Kier alpha value is -1.47. The molecule has 108 valence electrons. The van der Waals surface area contributed by atoms with Crippen molar-refractivity contribution in [3.63, 3.8) is 0 Å². The summed E-state index contributed by atoms with van der Waals surface area (Å²) in [5.74, 6) is -3.93. The molecule has 20 heavy (non-hydrogen) atoms. The molecule has 2 aromatic rings. The van der Waals surface area contributed by atoms with Crippen molar-refractivity contribution in [1.82, 2.24) is 15.5 Å². The highest BCUT2D eigenvalue weighted by atomic mass is 32.1. The van der Waals surface area contributed by atoms with Crippen LogP contribution in [0.1, 0.15) is 31.3 Å². The maximum atomic E-state index is 13.2. The van der Waals surface area contributed by atoms with Gasteiger partial charge >= 0.3 is 0 Å². The zero-order chi connectivity index (χ0) is 14.7. The second-order valence-electron chi connectivity index (χ2n) is 4.38. The molecule has 0 aliphatic rings. The molecule has 0 amide bonds. The minimum Gasteiger partial charge on any atom is -0.308 e. The number of hydrogen-bond donors (Lipinski definition) is 1. The summed E-state index contributed by atoms with van der Waals surface area (Å²) < 4.78 is 39.3. The van der Waals surface area contributed by atoms with Crippen molar-refractivity contribution in [2.75, 3.05) is 6.54 Å². The quantitative estimate of drug-likeness (QED) is 0.856. The lowest BCUT2D eigenvalue weighted by Gasteiger charge is -2.08. The summed E-state index contributed by atoms with van der Waals surface area (Å²) >= 11 is 1.23. The third kappa shape index (κ3) is 3.16. The van der Waals surface area contributed by atoms with Crippen LogP contribution in [-0.2, 0) is 0 Å². The Morgan fingerprint density at radius 2 is 1.85 bits per heavy atom. The highest BCUT2D eigenvalue weighted by Crippen LogP contribution is 2.28. The van der Waals surface area contributed by atoms with E-state index in [4.69, 9.17) is 0 Å². The molecule has 0 saturated heterocycles. The number of nitrogens with zero attached hydrogens (tertiary/aromatic N) is 2. The Balaban J connectivity index is 2.24. The normalized spacial score (nSPS) is 12.7. The fraction of sp³-hybridized carbons (Fsp3) is 0.385.